The molecule has 1 aromatic heterocycles. The van der Waals surface area contributed by atoms with Gasteiger partial charge in [-0.2, -0.15) is 0 Å². The van der Waals surface area contributed by atoms with Crippen LogP contribution in [-0.2, 0) is 0 Å². The Kier molecular flexibility index (Phi) is 3.25. The fourth-order valence-electron chi connectivity index (χ4n) is 2.24. The van der Waals surface area contributed by atoms with Gasteiger partial charge in [0.05, 0.1) is 9.85 Å². The zero-order chi connectivity index (χ0) is 10.2. The smallest absolute Gasteiger partial charge is 0.0557 e. The minimum atomic E-state index is 0.411. The minimum Gasteiger partial charge on any atom is -0.146 e. The van der Waals surface area contributed by atoms with Crippen molar-refractivity contribution in [2.24, 2.45) is 5.41 Å². The largest absolute Gasteiger partial charge is 0.146 e. The molecular formula is C11H14BrClS. The Balaban J connectivity index is 2.23. The molecule has 0 aromatic carbocycles. The molecule has 1 atom stereocenters. The summed E-state index contributed by atoms with van der Waals surface area (Å²) in [5.74, 6) is 0. The fourth-order valence-corrected chi connectivity index (χ4v) is 4.71. The Bertz CT molecular complexity index is 315. The van der Waals surface area contributed by atoms with E-state index in [1.165, 1.54) is 30.6 Å². The number of hydrogen-bond acceptors (Lipinski definition) is 1. The molecule has 1 saturated carbocycles. The fraction of sp³-hybridized carbons (Fsp3) is 0.636. The molecule has 1 aliphatic rings. The maximum absolute atomic E-state index is 6.16. The SMILES string of the molecule is CC1(C(Br)c2sccc2Cl)CCCC1. The molecule has 1 fully saturated rings. The molecule has 0 nitrogen and oxygen atoms in total. The van der Waals surface area contributed by atoms with Crippen LogP contribution in [-0.4, -0.2) is 0 Å². The van der Waals surface area contributed by atoms with Gasteiger partial charge in [0, 0.05) is 4.88 Å². The zero-order valence-electron chi connectivity index (χ0n) is 8.22. The third-order valence-electron chi connectivity index (χ3n) is 3.23. The lowest BCUT2D eigenvalue weighted by Crippen LogP contribution is -2.16. The van der Waals surface area contributed by atoms with E-state index >= 15 is 0 Å². The van der Waals surface area contributed by atoms with Crippen LogP contribution in [0.25, 0.3) is 0 Å². The van der Waals surface area contributed by atoms with Gasteiger partial charge < -0.3 is 0 Å². The van der Waals surface area contributed by atoms with Crippen LogP contribution < -0.4 is 0 Å². The highest BCUT2D eigenvalue weighted by Crippen LogP contribution is 2.53. The molecule has 1 aliphatic carbocycles. The molecule has 1 aromatic rings. The molecular weight excluding hydrogens is 280 g/mol. The Morgan fingerprint density at radius 2 is 2.14 bits per heavy atom. The Labute approximate surface area is 103 Å². The summed E-state index contributed by atoms with van der Waals surface area (Å²) in [5, 5.41) is 2.99. The second kappa shape index (κ2) is 4.15. The molecule has 1 unspecified atom stereocenters. The lowest BCUT2D eigenvalue weighted by atomic mass is 9.84. The Hall–Kier alpha value is 0.470. The highest BCUT2D eigenvalue weighted by atomic mass is 79.9. The average Bonchev–Trinajstić information content (AvgIpc) is 2.74. The molecule has 3 heteroatoms. The molecule has 14 heavy (non-hydrogen) atoms. The van der Waals surface area contributed by atoms with E-state index in [1.54, 1.807) is 11.3 Å². The summed E-state index contributed by atoms with van der Waals surface area (Å²) in [7, 11) is 0. The van der Waals surface area contributed by atoms with Gasteiger partial charge in [0.1, 0.15) is 0 Å². The molecule has 0 bridgehead atoms. The van der Waals surface area contributed by atoms with E-state index in [9.17, 15) is 0 Å². The summed E-state index contributed by atoms with van der Waals surface area (Å²) in [6.45, 7) is 2.37. The van der Waals surface area contributed by atoms with Gasteiger partial charge in [0.15, 0.2) is 0 Å². The molecule has 0 amide bonds. The summed E-state index contributed by atoms with van der Waals surface area (Å²) < 4.78 is 0. The first-order chi connectivity index (χ1) is 6.63. The van der Waals surface area contributed by atoms with Crippen LogP contribution in [0.2, 0.25) is 5.02 Å². The number of alkyl halides is 1. The van der Waals surface area contributed by atoms with Gasteiger partial charge in [0.2, 0.25) is 0 Å². The highest BCUT2D eigenvalue weighted by molar-refractivity contribution is 9.09. The number of rotatable bonds is 2. The van der Waals surface area contributed by atoms with Crippen molar-refractivity contribution in [3.05, 3.63) is 21.3 Å². The summed E-state index contributed by atoms with van der Waals surface area (Å²) >= 11 is 11.7. The van der Waals surface area contributed by atoms with Crippen molar-refractivity contribution in [1.29, 1.82) is 0 Å². The van der Waals surface area contributed by atoms with Crippen molar-refractivity contribution in [2.45, 2.75) is 37.4 Å². The quantitative estimate of drug-likeness (QED) is 0.639. The molecule has 1 heterocycles. The third-order valence-corrected chi connectivity index (χ3v) is 6.52. The van der Waals surface area contributed by atoms with Gasteiger partial charge in [-0.25, -0.2) is 0 Å². The third kappa shape index (κ3) is 1.89. The standard InChI is InChI=1S/C11H14BrClS/c1-11(5-2-3-6-11)10(12)9-8(13)4-7-14-9/h4,7,10H,2-3,5-6H2,1H3. The maximum atomic E-state index is 6.16. The van der Waals surface area contributed by atoms with Crippen molar-refractivity contribution < 1.29 is 0 Å². The number of thiophene rings is 1. The molecule has 0 spiro atoms. The first-order valence-electron chi connectivity index (χ1n) is 5.00. The summed E-state index contributed by atoms with van der Waals surface area (Å²) in [5.41, 5.74) is 0.411. The van der Waals surface area contributed by atoms with Gasteiger partial charge in [-0.15, -0.1) is 11.3 Å². The second-order valence-corrected chi connectivity index (χ2v) is 6.63. The number of hydrogen-bond donors (Lipinski definition) is 0. The van der Waals surface area contributed by atoms with Crippen LogP contribution in [0, 0.1) is 5.41 Å². The van der Waals surface area contributed by atoms with Crippen LogP contribution in [0.4, 0.5) is 0 Å². The lowest BCUT2D eigenvalue weighted by molar-refractivity contribution is 0.334. The lowest BCUT2D eigenvalue weighted by Gasteiger charge is -2.29. The van der Waals surface area contributed by atoms with E-state index in [1.807, 2.05) is 6.07 Å². The average molecular weight is 294 g/mol. The van der Waals surface area contributed by atoms with E-state index in [4.69, 9.17) is 11.6 Å². The van der Waals surface area contributed by atoms with Gasteiger partial charge in [-0.1, -0.05) is 47.3 Å². The minimum absolute atomic E-state index is 0.411. The first-order valence-corrected chi connectivity index (χ1v) is 7.18. The van der Waals surface area contributed by atoms with E-state index in [2.05, 4.69) is 28.2 Å². The van der Waals surface area contributed by atoms with Crippen LogP contribution >= 0.6 is 38.9 Å². The van der Waals surface area contributed by atoms with Gasteiger partial charge in [0.25, 0.3) is 0 Å². The van der Waals surface area contributed by atoms with Gasteiger partial charge in [-0.3, -0.25) is 0 Å². The van der Waals surface area contributed by atoms with Gasteiger partial charge in [-0.05, 0) is 29.7 Å². The topological polar surface area (TPSA) is 0 Å². The zero-order valence-corrected chi connectivity index (χ0v) is 11.4. The van der Waals surface area contributed by atoms with Crippen molar-refractivity contribution in [1.82, 2.24) is 0 Å². The van der Waals surface area contributed by atoms with E-state index < -0.39 is 0 Å². The molecule has 0 aliphatic heterocycles. The molecule has 0 radical (unpaired) electrons. The Morgan fingerprint density at radius 3 is 2.64 bits per heavy atom. The monoisotopic (exact) mass is 292 g/mol. The Morgan fingerprint density at radius 1 is 1.50 bits per heavy atom. The van der Waals surface area contributed by atoms with E-state index in [0.717, 1.165) is 5.02 Å². The first kappa shape index (κ1) is 11.0. The molecule has 2 rings (SSSR count). The molecule has 78 valence electrons. The molecule has 0 N–H and O–H groups in total. The van der Waals surface area contributed by atoms with Crippen LogP contribution in [0.15, 0.2) is 11.4 Å². The predicted molar refractivity (Wildman–Crippen MR) is 67.6 cm³/mol. The van der Waals surface area contributed by atoms with Crippen molar-refractivity contribution >= 4 is 38.9 Å². The van der Waals surface area contributed by atoms with Gasteiger partial charge >= 0.3 is 0 Å². The van der Waals surface area contributed by atoms with E-state index in [0.29, 0.717) is 10.2 Å². The predicted octanol–water partition coefficient (Wildman–Crippen LogP) is 5.42. The maximum Gasteiger partial charge on any atom is 0.0557 e. The van der Waals surface area contributed by atoms with Crippen LogP contribution in [0.3, 0.4) is 0 Å². The summed E-state index contributed by atoms with van der Waals surface area (Å²) in [4.78, 5) is 1.74. The van der Waals surface area contributed by atoms with Crippen molar-refractivity contribution in [2.75, 3.05) is 0 Å². The summed E-state index contributed by atoms with van der Waals surface area (Å²) in [6, 6.07) is 1.99. The highest BCUT2D eigenvalue weighted by Gasteiger charge is 2.37. The van der Waals surface area contributed by atoms with E-state index in [-0.39, 0.29) is 0 Å². The van der Waals surface area contributed by atoms with Crippen LogP contribution in [0.1, 0.15) is 42.3 Å². The second-order valence-electron chi connectivity index (χ2n) is 4.36. The normalized spacial score (nSPS) is 22.5. The summed E-state index contributed by atoms with van der Waals surface area (Å²) in [6.07, 6.45) is 5.36. The number of halogens is 2. The molecule has 0 saturated heterocycles. The van der Waals surface area contributed by atoms with Crippen molar-refractivity contribution in [3.63, 3.8) is 0 Å². The van der Waals surface area contributed by atoms with Crippen LogP contribution in [0.5, 0.6) is 0 Å². The van der Waals surface area contributed by atoms with Crippen molar-refractivity contribution in [3.8, 4) is 0 Å².